The second-order valence-corrected chi connectivity index (χ2v) is 19.6. The molecule has 4 aromatic rings. The number of rotatable bonds is 17. The number of amides is 5. The van der Waals surface area contributed by atoms with Gasteiger partial charge >= 0.3 is 6.03 Å². The number of aryl methyl sites for hydroxylation is 1. The summed E-state index contributed by atoms with van der Waals surface area (Å²) in [6.45, 7) is 11.8. The fourth-order valence-corrected chi connectivity index (χ4v) is 9.41. The number of fused-ring (bicyclic) bond motifs is 2. The Morgan fingerprint density at radius 2 is 1.75 bits per heavy atom. The third kappa shape index (κ3) is 13.4. The van der Waals surface area contributed by atoms with E-state index in [0.29, 0.717) is 52.0 Å². The van der Waals surface area contributed by atoms with Gasteiger partial charge in [0.15, 0.2) is 0 Å². The van der Waals surface area contributed by atoms with Crippen molar-refractivity contribution in [2.45, 2.75) is 71.6 Å². The first-order chi connectivity index (χ1) is 33.9. The summed E-state index contributed by atoms with van der Waals surface area (Å²) >= 11 is 7.88. The minimum Gasteiger partial charge on any atom is -0.391 e. The SMILES string of the molecule is C=C(NC(=O)[C@@H]1C[C@@H](O)CN1C(=O)C(=NC(=O)CCOCCOCCNC(=O)N1CCC(N=C2Nc3cc(F)ccc3N(CC(F)F)c3ccc(Cl)cc32)C1)C(C)(C)C)c1ccc(-c2scnc2C)cc1. The van der Waals surface area contributed by atoms with E-state index in [2.05, 4.69) is 32.5 Å². The molecule has 7 rings (SSSR count). The summed E-state index contributed by atoms with van der Waals surface area (Å²) < 4.78 is 53.2. The van der Waals surface area contributed by atoms with Crippen LogP contribution in [0.15, 0.2) is 82.7 Å². The van der Waals surface area contributed by atoms with E-state index in [9.17, 15) is 37.5 Å². The van der Waals surface area contributed by atoms with Crippen molar-refractivity contribution in [2.24, 2.45) is 15.4 Å². The Hall–Kier alpha value is -6.19. The number of β-amino-alcohol motifs (C(OH)–C–C–N with tert-alkyl or cyclic N) is 1. The number of amidine groups is 1. The van der Waals surface area contributed by atoms with Gasteiger partial charge in [0.2, 0.25) is 11.8 Å². The average molecular weight is 1020 g/mol. The zero-order valence-corrected chi connectivity index (χ0v) is 41.4. The number of thiazole rings is 1. The van der Waals surface area contributed by atoms with Crippen LogP contribution < -0.4 is 20.9 Å². The number of aliphatic hydroxyl groups is 1. The summed E-state index contributed by atoms with van der Waals surface area (Å²) in [6.07, 6.45) is -3.25. The number of alkyl halides is 2. The van der Waals surface area contributed by atoms with Crippen molar-refractivity contribution in [2.75, 3.05) is 69.4 Å². The van der Waals surface area contributed by atoms with Crippen molar-refractivity contribution in [3.05, 3.63) is 100 Å². The summed E-state index contributed by atoms with van der Waals surface area (Å²) in [6, 6.07) is 14.5. The van der Waals surface area contributed by atoms with Gasteiger partial charge in [0.25, 0.3) is 12.3 Å². The third-order valence-corrected chi connectivity index (χ3v) is 13.2. The quantitative estimate of drug-likeness (QED) is 0.0611. The number of carbonyl (C=O) groups excluding carboxylic acids is 4. The Labute approximate surface area is 419 Å². The molecular formula is C50H57ClF3N9O7S. The fourth-order valence-electron chi connectivity index (χ4n) is 8.42. The predicted octanol–water partition coefficient (Wildman–Crippen LogP) is 7.46. The first-order valence-electron chi connectivity index (χ1n) is 23.2. The third-order valence-electron chi connectivity index (χ3n) is 12.0. The molecule has 0 spiro atoms. The molecule has 4 heterocycles. The molecule has 1 unspecified atom stereocenters. The van der Waals surface area contributed by atoms with Crippen LogP contribution in [0.5, 0.6) is 0 Å². The van der Waals surface area contributed by atoms with Gasteiger partial charge in [0, 0.05) is 54.3 Å². The Bertz CT molecular complexity index is 2680. The zero-order chi connectivity index (χ0) is 51.0. The Kier molecular flexibility index (Phi) is 17.3. The molecule has 5 amide bonds. The summed E-state index contributed by atoms with van der Waals surface area (Å²) in [5, 5.41) is 19.7. The van der Waals surface area contributed by atoms with Crippen molar-refractivity contribution < 1.29 is 46.9 Å². The first kappa shape index (κ1) is 52.6. The van der Waals surface area contributed by atoms with E-state index in [1.54, 1.807) is 49.4 Å². The van der Waals surface area contributed by atoms with Gasteiger partial charge in [-0.05, 0) is 60.9 Å². The van der Waals surface area contributed by atoms with Crippen LogP contribution >= 0.6 is 22.9 Å². The van der Waals surface area contributed by atoms with E-state index >= 15 is 0 Å². The van der Waals surface area contributed by atoms with Crippen LogP contribution in [0.4, 0.5) is 35.0 Å². The van der Waals surface area contributed by atoms with Gasteiger partial charge in [0.1, 0.15) is 23.4 Å². The highest BCUT2D eigenvalue weighted by Crippen LogP contribution is 2.40. The van der Waals surface area contributed by atoms with E-state index in [1.165, 1.54) is 39.3 Å². The van der Waals surface area contributed by atoms with Crippen LogP contribution in [0.1, 0.15) is 56.9 Å². The van der Waals surface area contributed by atoms with Crippen LogP contribution in [-0.4, -0.2) is 139 Å². The molecule has 21 heteroatoms. The second-order valence-electron chi connectivity index (χ2n) is 18.3. The van der Waals surface area contributed by atoms with Crippen LogP contribution in [0.25, 0.3) is 16.1 Å². The minimum atomic E-state index is -2.69. The lowest BCUT2D eigenvalue weighted by molar-refractivity contribution is -0.133. The highest BCUT2D eigenvalue weighted by Gasteiger charge is 2.43. The number of nitrogens with one attached hydrogen (secondary N) is 3. The van der Waals surface area contributed by atoms with Crippen molar-refractivity contribution in [3.63, 3.8) is 0 Å². The molecule has 3 aliphatic heterocycles. The van der Waals surface area contributed by atoms with Gasteiger partial charge in [0.05, 0.1) is 84.7 Å². The zero-order valence-electron chi connectivity index (χ0n) is 39.9. The van der Waals surface area contributed by atoms with E-state index < -0.39 is 54.1 Å². The average Bonchev–Trinajstić information content (AvgIpc) is 4.07. The highest BCUT2D eigenvalue weighted by atomic mass is 35.5. The van der Waals surface area contributed by atoms with Crippen LogP contribution in [0.2, 0.25) is 5.02 Å². The summed E-state index contributed by atoms with van der Waals surface area (Å²) in [5.74, 6) is -1.98. The number of hydrogen-bond donors (Lipinski definition) is 4. The van der Waals surface area contributed by atoms with Crippen LogP contribution in [0.3, 0.4) is 0 Å². The van der Waals surface area contributed by atoms with E-state index in [1.807, 2.05) is 31.2 Å². The molecule has 0 saturated carbocycles. The Morgan fingerprint density at radius 3 is 2.45 bits per heavy atom. The molecule has 2 saturated heterocycles. The number of nitrogens with zero attached hydrogens (tertiary/aromatic N) is 6. The molecule has 3 atom stereocenters. The summed E-state index contributed by atoms with van der Waals surface area (Å²) in [5.41, 5.74) is 5.26. The number of anilines is 3. The van der Waals surface area contributed by atoms with Gasteiger partial charge in [-0.3, -0.25) is 19.4 Å². The van der Waals surface area contributed by atoms with E-state index in [4.69, 9.17) is 26.1 Å². The molecule has 0 aliphatic carbocycles. The van der Waals surface area contributed by atoms with Gasteiger partial charge < -0.3 is 45.2 Å². The lowest BCUT2D eigenvalue weighted by atomic mass is 9.88. The van der Waals surface area contributed by atoms with Crippen molar-refractivity contribution in [3.8, 4) is 10.4 Å². The molecule has 16 nitrogen and oxygen atoms in total. The molecule has 0 radical (unpaired) electrons. The normalized spacial score (nSPS) is 18.6. The molecule has 378 valence electrons. The maximum atomic E-state index is 14.4. The molecule has 3 aliphatic rings. The summed E-state index contributed by atoms with van der Waals surface area (Å²) in [4.78, 5) is 72.3. The predicted molar refractivity (Wildman–Crippen MR) is 268 cm³/mol. The standard InChI is InChI=1S/C50H57ClF3N9O7S/c1-29(31-6-8-32(9-7-31)44-30(2)56-28-71-44)57-47(66)41-24-36(64)26-63(41)48(67)45(50(3,4)5)60-43(65)15-18-69-20-21-70-19-16-55-49(68)61-17-14-35(25-61)58-46-37-22-33(51)10-12-39(37)62(27-42(53)54)40-13-11-34(52)23-38(40)59-46/h6-13,22-23,28,35-36,41-42,64H,1,14-21,24-27H2,2-5H3,(H,55,68)(H,57,66)(H,58,59)/t35?,36-,41+/m1/s1. The number of likely N-dealkylation sites (tertiary alicyclic amines) is 2. The molecular weight excluding hydrogens is 963 g/mol. The number of benzene rings is 3. The molecule has 3 aromatic carbocycles. The van der Waals surface area contributed by atoms with Crippen molar-refractivity contribution >= 4 is 81.0 Å². The largest absolute Gasteiger partial charge is 0.391 e. The first-order valence-corrected chi connectivity index (χ1v) is 24.4. The number of halogens is 4. The van der Waals surface area contributed by atoms with E-state index in [0.717, 1.165) is 16.1 Å². The monoisotopic (exact) mass is 1020 g/mol. The summed E-state index contributed by atoms with van der Waals surface area (Å²) in [7, 11) is 0. The number of aliphatic hydroxyl groups excluding tert-OH is 1. The molecule has 2 fully saturated rings. The molecule has 1 aromatic heterocycles. The lowest BCUT2D eigenvalue weighted by Gasteiger charge is -2.29. The fraction of sp³-hybridized carbons (Fsp3) is 0.420. The smallest absolute Gasteiger partial charge is 0.317 e. The molecule has 4 N–H and O–H groups in total. The Morgan fingerprint density at radius 1 is 1.01 bits per heavy atom. The number of carbonyl (C=O) groups is 4. The highest BCUT2D eigenvalue weighted by molar-refractivity contribution is 7.13. The molecule has 71 heavy (non-hydrogen) atoms. The van der Waals surface area contributed by atoms with Gasteiger partial charge in [-0.2, -0.15) is 0 Å². The molecule has 0 bridgehead atoms. The number of ether oxygens (including phenoxy) is 2. The minimum absolute atomic E-state index is 0.000240. The Balaban J connectivity index is 0.830. The maximum absolute atomic E-state index is 14.4. The van der Waals surface area contributed by atoms with Crippen molar-refractivity contribution in [1.82, 2.24) is 25.4 Å². The van der Waals surface area contributed by atoms with Crippen molar-refractivity contribution in [1.29, 1.82) is 0 Å². The van der Waals surface area contributed by atoms with Crippen LogP contribution in [0, 0.1) is 18.2 Å². The van der Waals surface area contributed by atoms with Gasteiger partial charge in [-0.15, -0.1) is 11.3 Å². The number of aromatic nitrogens is 1. The lowest BCUT2D eigenvalue weighted by Crippen LogP contribution is -2.50. The second kappa shape index (κ2) is 23.4. The number of urea groups is 1. The maximum Gasteiger partial charge on any atom is 0.317 e. The van der Waals surface area contributed by atoms with Crippen LogP contribution in [-0.2, 0) is 23.9 Å². The van der Waals surface area contributed by atoms with Gasteiger partial charge in [-0.1, -0.05) is 63.2 Å². The number of aliphatic imine (C=N–C) groups is 2. The number of hydrogen-bond acceptors (Lipinski definition) is 11. The van der Waals surface area contributed by atoms with E-state index in [-0.39, 0.29) is 82.4 Å². The van der Waals surface area contributed by atoms with Gasteiger partial charge in [-0.25, -0.2) is 27.9 Å². The topological polar surface area (TPSA) is 190 Å².